The SMILES string of the molecule is CCS(=O)(=O)C1CC1c1ccc(F)cc1. The zero-order chi connectivity index (χ0) is 11.1. The van der Waals surface area contributed by atoms with Gasteiger partial charge in [-0.3, -0.25) is 0 Å². The third-order valence-electron chi connectivity index (χ3n) is 2.89. The summed E-state index contributed by atoms with van der Waals surface area (Å²) in [5.74, 6) is -0.0140. The van der Waals surface area contributed by atoms with Crippen LogP contribution in [0.4, 0.5) is 4.39 Å². The molecule has 2 atom stereocenters. The van der Waals surface area contributed by atoms with Crippen molar-refractivity contribution in [1.82, 2.24) is 0 Å². The molecule has 0 radical (unpaired) electrons. The molecule has 2 nitrogen and oxygen atoms in total. The van der Waals surface area contributed by atoms with Crippen LogP contribution in [-0.2, 0) is 9.84 Å². The highest BCUT2D eigenvalue weighted by molar-refractivity contribution is 7.92. The standard InChI is InChI=1S/C11H13FO2S/c1-2-15(13,14)11-7-10(11)8-3-5-9(12)6-4-8/h3-6,10-11H,2,7H2,1H3. The third-order valence-corrected chi connectivity index (χ3v) is 5.14. The number of hydrogen-bond donors (Lipinski definition) is 0. The van der Waals surface area contributed by atoms with Crippen LogP contribution >= 0.6 is 0 Å². The second-order valence-electron chi connectivity index (χ2n) is 3.88. The number of sulfone groups is 1. The maximum atomic E-state index is 12.6. The van der Waals surface area contributed by atoms with Crippen molar-refractivity contribution < 1.29 is 12.8 Å². The Kier molecular flexibility index (Phi) is 2.54. The highest BCUT2D eigenvalue weighted by atomic mass is 32.2. The Hall–Kier alpha value is -0.900. The van der Waals surface area contributed by atoms with Crippen molar-refractivity contribution in [2.75, 3.05) is 5.75 Å². The second-order valence-corrected chi connectivity index (χ2v) is 6.39. The summed E-state index contributed by atoms with van der Waals surface area (Å²) in [6, 6.07) is 6.10. The largest absolute Gasteiger partial charge is 0.229 e. The Morgan fingerprint density at radius 3 is 2.47 bits per heavy atom. The summed E-state index contributed by atoms with van der Waals surface area (Å²) in [4.78, 5) is 0. The van der Waals surface area contributed by atoms with Gasteiger partial charge in [0.1, 0.15) is 5.82 Å². The van der Waals surface area contributed by atoms with E-state index in [1.54, 1.807) is 19.1 Å². The second kappa shape index (κ2) is 3.59. The van der Waals surface area contributed by atoms with Crippen molar-refractivity contribution in [1.29, 1.82) is 0 Å². The van der Waals surface area contributed by atoms with Crippen molar-refractivity contribution >= 4 is 9.84 Å². The summed E-state index contributed by atoms with van der Waals surface area (Å²) in [6.45, 7) is 1.66. The van der Waals surface area contributed by atoms with Gasteiger partial charge in [0.15, 0.2) is 9.84 Å². The number of halogens is 1. The minimum Gasteiger partial charge on any atom is -0.229 e. The zero-order valence-corrected chi connectivity index (χ0v) is 9.30. The van der Waals surface area contributed by atoms with E-state index in [0.717, 1.165) is 5.56 Å². The maximum Gasteiger partial charge on any atom is 0.153 e. The van der Waals surface area contributed by atoms with E-state index in [1.165, 1.54) is 12.1 Å². The maximum absolute atomic E-state index is 12.6. The average Bonchev–Trinajstić information content (AvgIpc) is 2.99. The first kappa shape index (κ1) is 10.6. The first-order valence-electron chi connectivity index (χ1n) is 5.01. The van der Waals surface area contributed by atoms with Gasteiger partial charge in [0.2, 0.25) is 0 Å². The van der Waals surface area contributed by atoms with E-state index in [0.29, 0.717) is 6.42 Å². The van der Waals surface area contributed by atoms with Crippen LogP contribution in [0.25, 0.3) is 0 Å². The van der Waals surface area contributed by atoms with Crippen molar-refractivity contribution in [3.8, 4) is 0 Å². The minimum absolute atomic E-state index is 0.0792. The van der Waals surface area contributed by atoms with Crippen molar-refractivity contribution in [2.24, 2.45) is 0 Å². The first-order chi connectivity index (χ1) is 7.04. The van der Waals surface area contributed by atoms with Gasteiger partial charge in [-0.15, -0.1) is 0 Å². The number of hydrogen-bond acceptors (Lipinski definition) is 2. The summed E-state index contributed by atoms with van der Waals surface area (Å²) < 4.78 is 35.7. The van der Waals surface area contributed by atoms with Crippen molar-refractivity contribution in [3.05, 3.63) is 35.6 Å². The van der Waals surface area contributed by atoms with Gasteiger partial charge in [-0.25, -0.2) is 12.8 Å². The van der Waals surface area contributed by atoms with E-state index < -0.39 is 9.84 Å². The molecule has 15 heavy (non-hydrogen) atoms. The average molecular weight is 228 g/mol. The molecule has 2 rings (SSSR count). The lowest BCUT2D eigenvalue weighted by molar-refractivity contribution is 0.595. The van der Waals surface area contributed by atoms with Crippen LogP contribution in [0.3, 0.4) is 0 Å². The molecule has 0 heterocycles. The molecule has 0 amide bonds. The molecular formula is C11H13FO2S. The Morgan fingerprint density at radius 2 is 1.93 bits per heavy atom. The van der Waals surface area contributed by atoms with Crippen LogP contribution < -0.4 is 0 Å². The van der Waals surface area contributed by atoms with Gasteiger partial charge in [-0.1, -0.05) is 19.1 Å². The third kappa shape index (κ3) is 2.04. The zero-order valence-electron chi connectivity index (χ0n) is 8.48. The molecule has 0 bridgehead atoms. The van der Waals surface area contributed by atoms with Gasteiger partial charge in [0.25, 0.3) is 0 Å². The van der Waals surface area contributed by atoms with Gasteiger partial charge in [-0.2, -0.15) is 0 Å². The van der Waals surface area contributed by atoms with Crippen LogP contribution in [-0.4, -0.2) is 19.4 Å². The van der Waals surface area contributed by atoms with Crippen molar-refractivity contribution in [2.45, 2.75) is 24.5 Å². The molecule has 2 unspecified atom stereocenters. The van der Waals surface area contributed by atoms with Crippen LogP contribution in [0.1, 0.15) is 24.8 Å². The Morgan fingerprint density at radius 1 is 1.33 bits per heavy atom. The molecule has 0 aliphatic heterocycles. The van der Waals surface area contributed by atoms with Gasteiger partial charge in [0, 0.05) is 11.7 Å². The molecule has 1 aliphatic rings. The minimum atomic E-state index is -2.93. The molecule has 4 heteroatoms. The summed E-state index contributed by atoms with van der Waals surface area (Å²) in [5.41, 5.74) is 0.929. The number of rotatable bonds is 3. The molecule has 82 valence electrons. The van der Waals surface area contributed by atoms with Crippen molar-refractivity contribution in [3.63, 3.8) is 0 Å². The lowest BCUT2D eigenvalue weighted by Crippen LogP contribution is -2.10. The fourth-order valence-electron chi connectivity index (χ4n) is 1.84. The van der Waals surface area contributed by atoms with Gasteiger partial charge >= 0.3 is 0 Å². The fraction of sp³-hybridized carbons (Fsp3) is 0.455. The van der Waals surface area contributed by atoms with Gasteiger partial charge < -0.3 is 0 Å². The summed E-state index contributed by atoms with van der Waals surface area (Å²) in [6.07, 6.45) is 0.682. The quantitative estimate of drug-likeness (QED) is 0.794. The van der Waals surface area contributed by atoms with E-state index in [1.807, 2.05) is 0 Å². The molecule has 0 aromatic heterocycles. The normalized spacial score (nSPS) is 25.2. The van der Waals surface area contributed by atoms with E-state index in [-0.39, 0.29) is 22.7 Å². The van der Waals surface area contributed by atoms with Crippen LogP contribution in [0.5, 0.6) is 0 Å². The predicted molar refractivity (Wildman–Crippen MR) is 57.0 cm³/mol. The smallest absolute Gasteiger partial charge is 0.153 e. The fourth-order valence-corrected chi connectivity index (χ4v) is 3.43. The van der Waals surface area contributed by atoms with E-state index >= 15 is 0 Å². The molecule has 1 fully saturated rings. The van der Waals surface area contributed by atoms with E-state index in [9.17, 15) is 12.8 Å². The molecule has 0 N–H and O–H groups in total. The van der Waals surface area contributed by atoms with Crippen LogP contribution in [0, 0.1) is 5.82 Å². The van der Waals surface area contributed by atoms with E-state index in [2.05, 4.69) is 0 Å². The number of benzene rings is 1. The molecule has 1 aliphatic carbocycles. The Labute approximate surface area is 89.0 Å². The highest BCUT2D eigenvalue weighted by Crippen LogP contribution is 2.46. The topological polar surface area (TPSA) is 34.1 Å². The molecule has 0 saturated heterocycles. The van der Waals surface area contributed by atoms with E-state index in [4.69, 9.17) is 0 Å². The van der Waals surface area contributed by atoms with Gasteiger partial charge in [-0.05, 0) is 24.1 Å². The predicted octanol–water partition coefficient (Wildman–Crippen LogP) is 2.12. The summed E-state index contributed by atoms with van der Waals surface area (Å²) >= 11 is 0. The summed E-state index contributed by atoms with van der Waals surface area (Å²) in [7, 11) is -2.93. The Bertz CT molecular complexity index is 450. The highest BCUT2D eigenvalue weighted by Gasteiger charge is 2.46. The monoisotopic (exact) mass is 228 g/mol. The molecule has 0 spiro atoms. The lowest BCUT2D eigenvalue weighted by atomic mass is 10.1. The van der Waals surface area contributed by atoms with Gasteiger partial charge in [0.05, 0.1) is 5.25 Å². The van der Waals surface area contributed by atoms with Crippen LogP contribution in [0.15, 0.2) is 24.3 Å². The lowest BCUT2D eigenvalue weighted by Gasteiger charge is -2.00. The summed E-state index contributed by atoms with van der Waals surface area (Å²) in [5, 5.41) is -0.243. The molecule has 1 aromatic rings. The molecule has 1 saturated carbocycles. The Balaban J connectivity index is 2.15. The van der Waals surface area contributed by atoms with Crippen LogP contribution in [0.2, 0.25) is 0 Å². The molecular weight excluding hydrogens is 215 g/mol. The first-order valence-corrected chi connectivity index (χ1v) is 6.73. The molecule has 1 aromatic carbocycles.